The second-order valence-electron chi connectivity index (χ2n) is 4.12. The molecular formula is C15H13IN2O3. The number of phenols is 1. The number of ether oxygens (including phenoxy) is 1. The third kappa shape index (κ3) is 3.94. The topological polar surface area (TPSA) is 70.9 Å². The molecule has 0 heterocycles. The predicted molar refractivity (Wildman–Crippen MR) is 88.9 cm³/mol. The van der Waals surface area contributed by atoms with E-state index in [1.807, 2.05) is 28.7 Å². The normalized spacial score (nSPS) is 10.6. The maximum atomic E-state index is 11.8. The monoisotopic (exact) mass is 396 g/mol. The number of carbonyl (C=O) groups is 1. The number of hydrazone groups is 1. The number of halogens is 1. The molecule has 0 unspecified atom stereocenters. The largest absolute Gasteiger partial charge is 0.504 e. The zero-order valence-electron chi connectivity index (χ0n) is 11.2. The van der Waals surface area contributed by atoms with Crippen LogP contribution in [0.4, 0.5) is 0 Å². The highest BCUT2D eigenvalue weighted by Gasteiger charge is 2.07. The fourth-order valence-corrected chi connectivity index (χ4v) is 2.27. The van der Waals surface area contributed by atoms with Crippen molar-refractivity contribution in [3.05, 3.63) is 57.2 Å². The van der Waals surface area contributed by atoms with Gasteiger partial charge in [-0.2, -0.15) is 5.10 Å². The van der Waals surface area contributed by atoms with Gasteiger partial charge >= 0.3 is 0 Å². The van der Waals surface area contributed by atoms with E-state index in [9.17, 15) is 9.90 Å². The van der Waals surface area contributed by atoms with Crippen LogP contribution in [0, 0.1) is 3.57 Å². The van der Waals surface area contributed by atoms with Gasteiger partial charge in [0.05, 0.1) is 16.9 Å². The van der Waals surface area contributed by atoms with E-state index >= 15 is 0 Å². The average molecular weight is 396 g/mol. The third-order valence-corrected chi connectivity index (χ3v) is 3.51. The molecule has 21 heavy (non-hydrogen) atoms. The maximum Gasteiger partial charge on any atom is 0.271 e. The number of benzene rings is 2. The summed E-state index contributed by atoms with van der Waals surface area (Å²) in [5.41, 5.74) is 3.69. The highest BCUT2D eigenvalue weighted by Crippen LogP contribution is 2.31. The van der Waals surface area contributed by atoms with Gasteiger partial charge in [0.2, 0.25) is 0 Å². The van der Waals surface area contributed by atoms with E-state index in [1.54, 1.807) is 36.4 Å². The van der Waals surface area contributed by atoms with Crippen LogP contribution in [0.5, 0.6) is 11.5 Å². The number of rotatable bonds is 4. The first kappa shape index (κ1) is 15.3. The minimum absolute atomic E-state index is 0.0866. The lowest BCUT2D eigenvalue weighted by atomic mass is 10.2. The Kier molecular flexibility index (Phi) is 5.15. The van der Waals surface area contributed by atoms with E-state index in [0.29, 0.717) is 20.4 Å². The van der Waals surface area contributed by atoms with Crippen LogP contribution in [-0.2, 0) is 0 Å². The minimum atomic E-state index is -0.285. The molecule has 2 aromatic carbocycles. The number of aromatic hydroxyl groups is 1. The Morgan fingerprint density at radius 3 is 2.71 bits per heavy atom. The van der Waals surface area contributed by atoms with Crippen molar-refractivity contribution in [1.29, 1.82) is 0 Å². The Balaban J connectivity index is 2.08. The van der Waals surface area contributed by atoms with Crippen molar-refractivity contribution in [2.45, 2.75) is 0 Å². The highest BCUT2D eigenvalue weighted by atomic mass is 127. The highest BCUT2D eigenvalue weighted by molar-refractivity contribution is 14.1. The van der Waals surface area contributed by atoms with Gasteiger partial charge in [-0.15, -0.1) is 0 Å². The van der Waals surface area contributed by atoms with E-state index < -0.39 is 0 Å². The molecule has 0 aromatic heterocycles. The van der Waals surface area contributed by atoms with E-state index in [-0.39, 0.29) is 11.7 Å². The molecule has 1 amide bonds. The number of hydrogen-bond donors (Lipinski definition) is 2. The van der Waals surface area contributed by atoms with Crippen molar-refractivity contribution >= 4 is 34.7 Å². The van der Waals surface area contributed by atoms with Gasteiger partial charge in [0, 0.05) is 5.56 Å². The van der Waals surface area contributed by atoms with Crippen LogP contribution in [0.3, 0.4) is 0 Å². The molecule has 2 N–H and O–H groups in total. The lowest BCUT2D eigenvalue weighted by molar-refractivity contribution is 0.0955. The van der Waals surface area contributed by atoms with Gasteiger partial charge in [0.25, 0.3) is 5.91 Å². The number of hydrogen-bond acceptors (Lipinski definition) is 4. The first-order valence-corrected chi connectivity index (χ1v) is 7.14. The molecule has 0 bridgehead atoms. The summed E-state index contributed by atoms with van der Waals surface area (Å²) in [7, 11) is 1.48. The van der Waals surface area contributed by atoms with E-state index in [4.69, 9.17) is 4.74 Å². The van der Waals surface area contributed by atoms with E-state index in [1.165, 1.54) is 13.3 Å². The molecule has 0 saturated heterocycles. The van der Waals surface area contributed by atoms with Crippen LogP contribution in [0.1, 0.15) is 15.9 Å². The molecule has 0 fully saturated rings. The maximum absolute atomic E-state index is 11.8. The SMILES string of the molecule is COc1cc(/C=N\NC(=O)c2ccccc2)cc(I)c1O. The van der Waals surface area contributed by atoms with Gasteiger partial charge in [-0.05, 0) is 52.4 Å². The van der Waals surface area contributed by atoms with Crippen LogP contribution in [0.2, 0.25) is 0 Å². The molecule has 108 valence electrons. The Morgan fingerprint density at radius 1 is 1.33 bits per heavy atom. The molecule has 0 radical (unpaired) electrons. The summed E-state index contributed by atoms with van der Waals surface area (Å²) >= 11 is 1.99. The number of phenolic OH excluding ortho intramolecular Hbond substituents is 1. The van der Waals surface area contributed by atoms with Gasteiger partial charge in [-0.25, -0.2) is 5.43 Å². The van der Waals surface area contributed by atoms with Crippen LogP contribution in [-0.4, -0.2) is 24.3 Å². The first-order chi connectivity index (χ1) is 10.1. The molecular weight excluding hydrogens is 383 g/mol. The summed E-state index contributed by atoms with van der Waals surface area (Å²) in [6.07, 6.45) is 1.49. The molecule has 0 aliphatic rings. The van der Waals surface area contributed by atoms with Crippen LogP contribution < -0.4 is 10.2 Å². The minimum Gasteiger partial charge on any atom is -0.504 e. The van der Waals surface area contributed by atoms with Gasteiger partial charge in [0.1, 0.15) is 0 Å². The van der Waals surface area contributed by atoms with Crippen molar-refractivity contribution in [1.82, 2.24) is 5.43 Å². The fourth-order valence-electron chi connectivity index (χ4n) is 1.64. The quantitative estimate of drug-likeness (QED) is 0.475. The summed E-state index contributed by atoms with van der Waals surface area (Å²) in [6.45, 7) is 0. The molecule has 0 atom stereocenters. The van der Waals surface area contributed by atoms with Crippen LogP contribution >= 0.6 is 22.6 Å². The molecule has 2 rings (SSSR count). The lowest BCUT2D eigenvalue weighted by Gasteiger charge is -2.06. The van der Waals surface area contributed by atoms with Crippen LogP contribution in [0.25, 0.3) is 0 Å². The molecule has 2 aromatic rings. The Labute approximate surface area is 135 Å². The third-order valence-electron chi connectivity index (χ3n) is 2.69. The number of nitrogens with zero attached hydrogens (tertiary/aromatic N) is 1. The molecule has 0 aliphatic heterocycles. The number of carbonyl (C=O) groups excluding carboxylic acids is 1. The molecule has 6 heteroatoms. The van der Waals surface area contributed by atoms with Gasteiger partial charge < -0.3 is 9.84 Å². The Morgan fingerprint density at radius 2 is 2.05 bits per heavy atom. The predicted octanol–water partition coefficient (Wildman–Crippen LogP) is 2.77. The standard InChI is InChI=1S/C15H13IN2O3/c1-21-13-8-10(7-12(16)14(13)19)9-17-18-15(20)11-5-3-2-4-6-11/h2-9,19H,1H3,(H,18,20)/b17-9-. The van der Waals surface area contributed by atoms with Crippen molar-refractivity contribution in [3.8, 4) is 11.5 Å². The number of amides is 1. The second kappa shape index (κ2) is 7.07. The summed E-state index contributed by atoms with van der Waals surface area (Å²) in [6, 6.07) is 12.2. The zero-order chi connectivity index (χ0) is 15.2. The molecule has 0 aliphatic carbocycles. The summed E-state index contributed by atoms with van der Waals surface area (Å²) in [5.74, 6) is 0.161. The Bertz CT molecular complexity index is 672. The molecule has 0 saturated carbocycles. The summed E-state index contributed by atoms with van der Waals surface area (Å²) in [4.78, 5) is 11.8. The van der Waals surface area contributed by atoms with Gasteiger partial charge in [0.15, 0.2) is 11.5 Å². The lowest BCUT2D eigenvalue weighted by Crippen LogP contribution is -2.17. The summed E-state index contributed by atoms with van der Waals surface area (Å²) in [5, 5.41) is 13.6. The first-order valence-electron chi connectivity index (χ1n) is 6.06. The Hall–Kier alpha value is -2.09. The van der Waals surface area contributed by atoms with Crippen molar-refractivity contribution < 1.29 is 14.6 Å². The molecule has 5 nitrogen and oxygen atoms in total. The summed E-state index contributed by atoms with van der Waals surface area (Å²) < 4.78 is 5.70. The zero-order valence-corrected chi connectivity index (χ0v) is 13.4. The van der Waals surface area contributed by atoms with Gasteiger partial charge in [-0.1, -0.05) is 18.2 Å². The molecule has 0 spiro atoms. The number of methoxy groups -OCH3 is 1. The van der Waals surface area contributed by atoms with Gasteiger partial charge in [-0.3, -0.25) is 4.79 Å². The van der Waals surface area contributed by atoms with E-state index in [0.717, 1.165) is 0 Å². The van der Waals surface area contributed by atoms with Crippen molar-refractivity contribution in [3.63, 3.8) is 0 Å². The van der Waals surface area contributed by atoms with Crippen molar-refractivity contribution in [2.24, 2.45) is 5.10 Å². The van der Waals surface area contributed by atoms with Crippen molar-refractivity contribution in [2.75, 3.05) is 7.11 Å². The smallest absolute Gasteiger partial charge is 0.271 e. The second-order valence-corrected chi connectivity index (χ2v) is 5.28. The average Bonchev–Trinajstić information content (AvgIpc) is 2.51. The fraction of sp³-hybridized carbons (Fsp3) is 0.0667. The van der Waals surface area contributed by atoms with E-state index in [2.05, 4.69) is 10.5 Å². The number of nitrogens with one attached hydrogen (secondary N) is 1. The van der Waals surface area contributed by atoms with Crippen LogP contribution in [0.15, 0.2) is 47.6 Å².